The van der Waals surface area contributed by atoms with E-state index in [0.29, 0.717) is 22.9 Å². The van der Waals surface area contributed by atoms with E-state index in [0.717, 1.165) is 29.7 Å². The Morgan fingerprint density at radius 3 is 2.73 bits per heavy atom. The number of fused-ring (bicyclic) bond motifs is 1. The number of aryl methyl sites for hydroxylation is 2. The molecule has 6 heteroatoms. The summed E-state index contributed by atoms with van der Waals surface area (Å²) >= 11 is 0. The minimum absolute atomic E-state index is 0.224. The minimum atomic E-state index is -0.224. The predicted molar refractivity (Wildman–Crippen MR) is 101 cm³/mol. The highest BCUT2D eigenvalue weighted by molar-refractivity contribution is 6.05. The number of methoxy groups -OCH3 is 2. The third-order valence-corrected chi connectivity index (χ3v) is 4.27. The average Bonchev–Trinajstić information content (AvgIpc) is 3.01. The van der Waals surface area contributed by atoms with E-state index in [-0.39, 0.29) is 5.91 Å². The van der Waals surface area contributed by atoms with Crippen molar-refractivity contribution in [1.82, 2.24) is 9.38 Å². The molecule has 2 aromatic heterocycles. The number of hydrogen-bond acceptors (Lipinski definition) is 4. The molecule has 0 saturated carbocycles. The van der Waals surface area contributed by atoms with Crippen LogP contribution in [0.1, 0.15) is 35.1 Å². The Hall–Kier alpha value is -3.02. The first kappa shape index (κ1) is 17.8. The number of imidazole rings is 1. The van der Waals surface area contributed by atoms with Gasteiger partial charge in [-0.3, -0.25) is 9.20 Å². The number of carbonyl (C=O) groups is 1. The molecule has 0 aliphatic rings. The Labute approximate surface area is 152 Å². The molecule has 0 bridgehead atoms. The van der Waals surface area contributed by atoms with E-state index in [1.807, 2.05) is 29.7 Å². The largest absolute Gasteiger partial charge is 0.497 e. The molecule has 6 nitrogen and oxygen atoms in total. The lowest BCUT2D eigenvalue weighted by atomic mass is 10.2. The van der Waals surface area contributed by atoms with Crippen molar-refractivity contribution < 1.29 is 14.3 Å². The molecule has 1 N–H and O–H groups in total. The number of rotatable bonds is 6. The summed E-state index contributed by atoms with van der Waals surface area (Å²) in [5, 5.41) is 2.94. The molecule has 3 rings (SSSR count). The van der Waals surface area contributed by atoms with Gasteiger partial charge < -0.3 is 14.8 Å². The van der Waals surface area contributed by atoms with E-state index in [9.17, 15) is 4.79 Å². The van der Waals surface area contributed by atoms with Gasteiger partial charge in [-0.1, -0.05) is 19.4 Å². The molecule has 0 radical (unpaired) electrons. The summed E-state index contributed by atoms with van der Waals surface area (Å²) in [7, 11) is 3.15. The molecule has 0 saturated heterocycles. The van der Waals surface area contributed by atoms with Crippen LogP contribution in [0.3, 0.4) is 0 Å². The zero-order valence-corrected chi connectivity index (χ0v) is 15.5. The van der Waals surface area contributed by atoms with Gasteiger partial charge in [-0.05, 0) is 37.1 Å². The SMILES string of the molecule is CCCc1nc2c(C)cccn2c1C(=O)Nc1cc(OC)ccc1OC. The lowest BCUT2D eigenvalue weighted by molar-refractivity contribution is 0.102. The molecule has 0 aliphatic carbocycles. The van der Waals surface area contributed by atoms with Crippen LogP contribution < -0.4 is 14.8 Å². The van der Waals surface area contributed by atoms with E-state index in [1.54, 1.807) is 32.4 Å². The summed E-state index contributed by atoms with van der Waals surface area (Å²) in [6.07, 6.45) is 3.51. The maximum atomic E-state index is 13.1. The van der Waals surface area contributed by atoms with Gasteiger partial charge in [-0.2, -0.15) is 0 Å². The maximum absolute atomic E-state index is 13.1. The summed E-state index contributed by atoms with van der Waals surface area (Å²) in [5.74, 6) is 0.989. The number of anilines is 1. The Kier molecular flexibility index (Phi) is 5.11. The number of nitrogens with zero attached hydrogens (tertiary/aromatic N) is 2. The molecule has 0 spiro atoms. The molecule has 136 valence electrons. The van der Waals surface area contributed by atoms with Crippen molar-refractivity contribution in [3.63, 3.8) is 0 Å². The van der Waals surface area contributed by atoms with Gasteiger partial charge in [0.2, 0.25) is 0 Å². The van der Waals surface area contributed by atoms with Crippen LogP contribution >= 0.6 is 0 Å². The molecule has 1 amide bonds. The zero-order chi connectivity index (χ0) is 18.7. The fourth-order valence-electron chi connectivity index (χ4n) is 3.00. The molecule has 26 heavy (non-hydrogen) atoms. The van der Waals surface area contributed by atoms with E-state index in [4.69, 9.17) is 9.47 Å². The first-order valence-electron chi connectivity index (χ1n) is 8.59. The van der Waals surface area contributed by atoms with Gasteiger partial charge in [0.05, 0.1) is 25.6 Å². The van der Waals surface area contributed by atoms with Crippen molar-refractivity contribution in [2.45, 2.75) is 26.7 Å². The second-order valence-corrected chi connectivity index (χ2v) is 6.06. The summed E-state index contributed by atoms with van der Waals surface area (Å²) in [4.78, 5) is 17.8. The van der Waals surface area contributed by atoms with Crippen LogP contribution in [0.2, 0.25) is 0 Å². The van der Waals surface area contributed by atoms with Crippen molar-refractivity contribution in [1.29, 1.82) is 0 Å². The highest BCUT2D eigenvalue weighted by Gasteiger charge is 2.21. The van der Waals surface area contributed by atoms with Crippen LogP contribution in [0.15, 0.2) is 36.5 Å². The van der Waals surface area contributed by atoms with Gasteiger partial charge in [0.1, 0.15) is 22.8 Å². The first-order chi connectivity index (χ1) is 12.6. The summed E-state index contributed by atoms with van der Waals surface area (Å²) < 4.78 is 12.5. The van der Waals surface area contributed by atoms with Crippen molar-refractivity contribution in [2.75, 3.05) is 19.5 Å². The molecule has 0 fully saturated rings. The first-order valence-corrected chi connectivity index (χ1v) is 8.59. The molecule has 2 heterocycles. The van der Waals surface area contributed by atoms with Crippen LogP contribution in [0.25, 0.3) is 5.65 Å². The predicted octanol–water partition coefficient (Wildman–Crippen LogP) is 3.86. The maximum Gasteiger partial charge on any atom is 0.274 e. The normalized spacial score (nSPS) is 10.8. The van der Waals surface area contributed by atoms with Crippen LogP contribution in [-0.2, 0) is 6.42 Å². The van der Waals surface area contributed by atoms with Crippen molar-refractivity contribution >= 4 is 17.2 Å². The fourth-order valence-corrected chi connectivity index (χ4v) is 3.00. The zero-order valence-electron chi connectivity index (χ0n) is 15.5. The number of ether oxygens (including phenoxy) is 2. The third kappa shape index (κ3) is 3.22. The van der Waals surface area contributed by atoms with Crippen LogP contribution in [0, 0.1) is 6.92 Å². The Morgan fingerprint density at radius 2 is 2.04 bits per heavy atom. The van der Waals surface area contributed by atoms with E-state index in [2.05, 4.69) is 17.2 Å². The highest BCUT2D eigenvalue weighted by atomic mass is 16.5. The fraction of sp³-hybridized carbons (Fsp3) is 0.300. The van der Waals surface area contributed by atoms with E-state index >= 15 is 0 Å². The number of nitrogens with one attached hydrogen (secondary N) is 1. The second kappa shape index (κ2) is 7.47. The van der Waals surface area contributed by atoms with E-state index < -0.39 is 0 Å². The monoisotopic (exact) mass is 353 g/mol. The Bertz CT molecular complexity index is 947. The van der Waals surface area contributed by atoms with Crippen LogP contribution in [0.5, 0.6) is 11.5 Å². The van der Waals surface area contributed by atoms with Crippen molar-refractivity contribution in [2.24, 2.45) is 0 Å². The van der Waals surface area contributed by atoms with E-state index in [1.165, 1.54) is 0 Å². The molecular formula is C20H23N3O3. The molecule has 0 atom stereocenters. The number of carbonyl (C=O) groups excluding carboxylic acids is 1. The average molecular weight is 353 g/mol. The minimum Gasteiger partial charge on any atom is -0.497 e. The highest BCUT2D eigenvalue weighted by Crippen LogP contribution is 2.30. The molecule has 1 aromatic carbocycles. The number of hydrogen-bond donors (Lipinski definition) is 1. The van der Waals surface area contributed by atoms with Gasteiger partial charge >= 0.3 is 0 Å². The standard InChI is InChI=1S/C20H23N3O3/c1-5-7-15-18(23-11-6-8-13(2)19(23)21-15)20(24)22-16-12-14(25-3)9-10-17(16)26-4/h6,8-12H,5,7H2,1-4H3,(H,22,24). The topological polar surface area (TPSA) is 64.9 Å². The van der Waals surface area contributed by atoms with Crippen molar-refractivity contribution in [3.8, 4) is 11.5 Å². The molecule has 0 aliphatic heterocycles. The number of amides is 1. The van der Waals surface area contributed by atoms with Crippen molar-refractivity contribution in [3.05, 3.63) is 53.5 Å². The molecule has 0 unspecified atom stereocenters. The third-order valence-electron chi connectivity index (χ3n) is 4.27. The van der Waals surface area contributed by atoms with Gasteiger partial charge in [0.25, 0.3) is 5.91 Å². The second-order valence-electron chi connectivity index (χ2n) is 6.06. The number of pyridine rings is 1. The van der Waals surface area contributed by atoms with Crippen LogP contribution in [0.4, 0.5) is 5.69 Å². The molecular weight excluding hydrogens is 330 g/mol. The van der Waals surface area contributed by atoms with Gasteiger partial charge in [-0.15, -0.1) is 0 Å². The Morgan fingerprint density at radius 1 is 1.23 bits per heavy atom. The van der Waals surface area contributed by atoms with Gasteiger partial charge in [0, 0.05) is 12.3 Å². The molecule has 3 aromatic rings. The van der Waals surface area contributed by atoms with Gasteiger partial charge in [-0.25, -0.2) is 4.98 Å². The summed E-state index contributed by atoms with van der Waals surface area (Å²) in [6.45, 7) is 4.06. The lowest BCUT2D eigenvalue weighted by Gasteiger charge is -2.12. The Balaban J connectivity index is 2.05. The van der Waals surface area contributed by atoms with Crippen LogP contribution in [-0.4, -0.2) is 29.5 Å². The van der Waals surface area contributed by atoms with Gasteiger partial charge in [0.15, 0.2) is 0 Å². The quantitative estimate of drug-likeness (QED) is 0.731. The summed E-state index contributed by atoms with van der Waals surface area (Å²) in [6, 6.07) is 9.20. The summed E-state index contributed by atoms with van der Waals surface area (Å²) in [5.41, 5.74) is 3.74. The number of benzene rings is 1. The lowest BCUT2D eigenvalue weighted by Crippen LogP contribution is -2.17. The number of aromatic nitrogens is 2. The smallest absolute Gasteiger partial charge is 0.274 e.